The molecule has 4 heteroatoms. The van der Waals surface area contributed by atoms with Crippen LogP contribution in [0.1, 0.15) is 213 Å². The van der Waals surface area contributed by atoms with Crippen molar-refractivity contribution in [1.29, 1.82) is 0 Å². The van der Waals surface area contributed by atoms with Gasteiger partial charge in [-0.2, -0.15) is 0 Å². The molecule has 0 heterocycles. The summed E-state index contributed by atoms with van der Waals surface area (Å²) in [4.78, 5) is 12.2. The standard InChI is InChI=1S/C46H84O4/c1-3-5-7-9-11-13-15-17-19-20-21-22-23-24-25-26-27-28-30-32-34-36-38-40-42-49-44-45(43-47)50-46(48)41-39-37-35-33-31-29-18-16-14-12-10-8-6-4-2/h5,7,11,13,17,19,21-22,45,47H,3-4,6,8-10,12,14-16,18,20,23-44H2,1-2H3/b7-5-,13-11-,19-17-,22-21-. The van der Waals surface area contributed by atoms with E-state index in [0.29, 0.717) is 19.6 Å². The second-order valence-electron chi connectivity index (χ2n) is 14.4. The number of aliphatic hydroxyl groups excluding tert-OH is 1. The average Bonchev–Trinajstić information content (AvgIpc) is 3.12. The minimum atomic E-state index is -0.533. The van der Waals surface area contributed by atoms with Gasteiger partial charge in [-0.05, 0) is 51.4 Å². The molecular formula is C46H84O4. The molecule has 0 aromatic rings. The van der Waals surface area contributed by atoms with E-state index in [-0.39, 0.29) is 12.6 Å². The maximum absolute atomic E-state index is 12.2. The number of esters is 1. The van der Waals surface area contributed by atoms with Crippen molar-refractivity contribution >= 4 is 5.97 Å². The zero-order valence-corrected chi connectivity index (χ0v) is 33.4. The lowest BCUT2D eigenvalue weighted by Crippen LogP contribution is -2.27. The summed E-state index contributed by atoms with van der Waals surface area (Å²) in [7, 11) is 0. The first-order valence-corrected chi connectivity index (χ1v) is 21.7. The van der Waals surface area contributed by atoms with E-state index in [1.807, 2.05) is 0 Å². The third-order valence-electron chi connectivity index (χ3n) is 9.42. The van der Waals surface area contributed by atoms with Crippen molar-refractivity contribution in [3.05, 3.63) is 48.6 Å². The first-order chi connectivity index (χ1) is 24.7. The summed E-state index contributed by atoms with van der Waals surface area (Å²) in [6.07, 6.45) is 56.0. The number of aliphatic hydroxyl groups is 1. The molecule has 1 N–H and O–H groups in total. The average molecular weight is 701 g/mol. The Morgan fingerprint density at radius 1 is 0.500 bits per heavy atom. The molecular weight excluding hydrogens is 617 g/mol. The molecule has 0 aliphatic carbocycles. The zero-order chi connectivity index (χ0) is 36.3. The Labute approximate surface area is 312 Å². The van der Waals surface area contributed by atoms with Gasteiger partial charge in [-0.25, -0.2) is 0 Å². The molecule has 0 amide bonds. The summed E-state index contributed by atoms with van der Waals surface area (Å²) in [5.74, 6) is -0.201. The van der Waals surface area contributed by atoms with E-state index in [2.05, 4.69) is 62.5 Å². The van der Waals surface area contributed by atoms with Gasteiger partial charge in [0.1, 0.15) is 6.10 Å². The van der Waals surface area contributed by atoms with Crippen molar-refractivity contribution in [3.63, 3.8) is 0 Å². The van der Waals surface area contributed by atoms with Crippen molar-refractivity contribution in [2.45, 2.75) is 219 Å². The van der Waals surface area contributed by atoms with E-state index in [4.69, 9.17) is 9.47 Å². The Kier molecular flexibility index (Phi) is 42.1. The van der Waals surface area contributed by atoms with Gasteiger partial charge in [0.15, 0.2) is 0 Å². The molecule has 0 fully saturated rings. The monoisotopic (exact) mass is 701 g/mol. The predicted molar refractivity (Wildman–Crippen MR) is 219 cm³/mol. The van der Waals surface area contributed by atoms with Crippen molar-refractivity contribution < 1.29 is 19.4 Å². The topological polar surface area (TPSA) is 55.8 Å². The predicted octanol–water partition coefficient (Wildman–Crippen LogP) is 14.3. The van der Waals surface area contributed by atoms with Crippen molar-refractivity contribution in [2.75, 3.05) is 19.8 Å². The van der Waals surface area contributed by atoms with Gasteiger partial charge in [0.2, 0.25) is 0 Å². The second-order valence-corrected chi connectivity index (χ2v) is 14.4. The van der Waals surface area contributed by atoms with Gasteiger partial charge in [0, 0.05) is 13.0 Å². The minimum Gasteiger partial charge on any atom is -0.457 e. The van der Waals surface area contributed by atoms with Gasteiger partial charge in [0.05, 0.1) is 13.2 Å². The van der Waals surface area contributed by atoms with Crippen molar-refractivity contribution in [1.82, 2.24) is 0 Å². The van der Waals surface area contributed by atoms with Crippen LogP contribution in [-0.4, -0.2) is 37.0 Å². The second kappa shape index (κ2) is 43.5. The molecule has 0 radical (unpaired) electrons. The fraction of sp³-hybridized carbons (Fsp3) is 0.804. The Morgan fingerprint density at radius 3 is 1.36 bits per heavy atom. The number of ether oxygens (including phenoxy) is 2. The summed E-state index contributed by atoms with van der Waals surface area (Å²) in [5, 5.41) is 9.60. The van der Waals surface area contributed by atoms with Crippen LogP contribution in [0.15, 0.2) is 48.6 Å². The Hall–Kier alpha value is -1.65. The third-order valence-corrected chi connectivity index (χ3v) is 9.42. The van der Waals surface area contributed by atoms with E-state index < -0.39 is 6.10 Å². The van der Waals surface area contributed by atoms with Gasteiger partial charge in [-0.1, -0.05) is 204 Å². The van der Waals surface area contributed by atoms with Crippen LogP contribution < -0.4 is 0 Å². The molecule has 0 aromatic carbocycles. The summed E-state index contributed by atoms with van der Waals surface area (Å²) >= 11 is 0. The highest BCUT2D eigenvalue weighted by Gasteiger charge is 2.13. The highest BCUT2D eigenvalue weighted by molar-refractivity contribution is 5.69. The lowest BCUT2D eigenvalue weighted by molar-refractivity contribution is -0.154. The van der Waals surface area contributed by atoms with E-state index >= 15 is 0 Å². The normalized spacial score (nSPS) is 12.8. The van der Waals surface area contributed by atoms with Crippen LogP contribution in [0.3, 0.4) is 0 Å². The molecule has 0 bridgehead atoms. The molecule has 4 nitrogen and oxygen atoms in total. The number of hydrogen-bond donors (Lipinski definition) is 1. The lowest BCUT2D eigenvalue weighted by atomic mass is 10.0. The van der Waals surface area contributed by atoms with Crippen LogP contribution in [0, 0.1) is 0 Å². The molecule has 0 rings (SSSR count). The highest BCUT2D eigenvalue weighted by Crippen LogP contribution is 2.15. The summed E-state index contributed by atoms with van der Waals surface area (Å²) in [6.45, 7) is 5.24. The summed E-state index contributed by atoms with van der Waals surface area (Å²) in [5.41, 5.74) is 0. The first kappa shape index (κ1) is 48.3. The Bertz CT molecular complexity index is 783. The van der Waals surface area contributed by atoms with E-state index in [0.717, 1.165) is 44.9 Å². The molecule has 0 aliphatic heterocycles. The minimum absolute atomic E-state index is 0.171. The zero-order valence-electron chi connectivity index (χ0n) is 33.4. The lowest BCUT2D eigenvalue weighted by Gasteiger charge is -2.16. The molecule has 1 atom stereocenters. The van der Waals surface area contributed by atoms with Crippen LogP contribution in [0.5, 0.6) is 0 Å². The largest absolute Gasteiger partial charge is 0.457 e. The van der Waals surface area contributed by atoms with Crippen molar-refractivity contribution in [3.8, 4) is 0 Å². The van der Waals surface area contributed by atoms with Gasteiger partial charge >= 0.3 is 5.97 Å². The summed E-state index contributed by atoms with van der Waals surface area (Å²) < 4.78 is 11.2. The van der Waals surface area contributed by atoms with Gasteiger partial charge in [-0.15, -0.1) is 0 Å². The van der Waals surface area contributed by atoms with Crippen LogP contribution in [-0.2, 0) is 14.3 Å². The summed E-state index contributed by atoms with van der Waals surface area (Å²) in [6, 6.07) is 0. The molecule has 0 aromatic heterocycles. The van der Waals surface area contributed by atoms with Crippen LogP contribution >= 0.6 is 0 Å². The first-order valence-electron chi connectivity index (χ1n) is 21.7. The van der Waals surface area contributed by atoms with E-state index in [9.17, 15) is 9.90 Å². The quantitative estimate of drug-likeness (QED) is 0.0393. The van der Waals surface area contributed by atoms with Crippen molar-refractivity contribution in [2.24, 2.45) is 0 Å². The third kappa shape index (κ3) is 40.8. The van der Waals surface area contributed by atoms with E-state index in [1.165, 1.54) is 148 Å². The van der Waals surface area contributed by atoms with Crippen LogP contribution in [0.25, 0.3) is 0 Å². The van der Waals surface area contributed by atoms with Gasteiger partial charge in [0.25, 0.3) is 0 Å². The maximum atomic E-state index is 12.2. The van der Waals surface area contributed by atoms with Crippen LogP contribution in [0.4, 0.5) is 0 Å². The molecule has 292 valence electrons. The van der Waals surface area contributed by atoms with Gasteiger partial charge < -0.3 is 14.6 Å². The smallest absolute Gasteiger partial charge is 0.306 e. The molecule has 1 unspecified atom stereocenters. The van der Waals surface area contributed by atoms with E-state index in [1.54, 1.807) is 0 Å². The number of carbonyl (C=O) groups is 1. The Balaban J connectivity index is 3.41. The van der Waals surface area contributed by atoms with Gasteiger partial charge in [-0.3, -0.25) is 4.79 Å². The highest BCUT2D eigenvalue weighted by atomic mass is 16.6. The number of unbranched alkanes of at least 4 members (excludes halogenated alkanes) is 24. The molecule has 0 aliphatic rings. The molecule has 50 heavy (non-hydrogen) atoms. The SMILES string of the molecule is CC/C=C\C/C=C\C/C=C\C/C=C\CCCCCCCCCCCCCOCC(CO)OC(=O)CCCCCCCCCCCCCCCC. The number of allylic oxidation sites excluding steroid dienone is 8. The number of carbonyl (C=O) groups excluding carboxylic acids is 1. The van der Waals surface area contributed by atoms with Crippen LogP contribution in [0.2, 0.25) is 0 Å². The fourth-order valence-corrected chi connectivity index (χ4v) is 6.20. The molecule has 0 saturated heterocycles. The Morgan fingerprint density at radius 2 is 0.900 bits per heavy atom. The number of rotatable bonds is 40. The maximum Gasteiger partial charge on any atom is 0.306 e. The number of hydrogen-bond acceptors (Lipinski definition) is 4. The molecule has 0 spiro atoms. The fourth-order valence-electron chi connectivity index (χ4n) is 6.20. The molecule has 0 saturated carbocycles.